The van der Waals surface area contributed by atoms with Crippen molar-refractivity contribution in [2.24, 2.45) is 0 Å². The van der Waals surface area contributed by atoms with Crippen LogP contribution in [0.4, 0.5) is 5.69 Å². The zero-order chi connectivity index (χ0) is 23.9. The summed E-state index contributed by atoms with van der Waals surface area (Å²) >= 11 is 0. The molecule has 1 saturated heterocycles. The van der Waals surface area contributed by atoms with Gasteiger partial charge < -0.3 is 10.2 Å². The van der Waals surface area contributed by atoms with E-state index in [2.05, 4.69) is 26.3 Å². The Morgan fingerprint density at radius 3 is 2.56 bits per heavy atom. The molecule has 8 heteroatoms. The summed E-state index contributed by atoms with van der Waals surface area (Å²) in [5.41, 5.74) is 3.27. The number of anilines is 1. The lowest BCUT2D eigenvalue weighted by Crippen LogP contribution is -2.48. The Labute approximate surface area is 198 Å². The van der Waals surface area contributed by atoms with E-state index in [0.29, 0.717) is 42.1 Å². The molecule has 0 saturated carbocycles. The van der Waals surface area contributed by atoms with Gasteiger partial charge >= 0.3 is 0 Å². The van der Waals surface area contributed by atoms with Gasteiger partial charge in [0.05, 0.1) is 23.7 Å². The van der Waals surface area contributed by atoms with E-state index < -0.39 is 0 Å². The van der Waals surface area contributed by atoms with E-state index in [4.69, 9.17) is 5.26 Å². The quantitative estimate of drug-likeness (QED) is 0.613. The number of hydrogen-bond acceptors (Lipinski definition) is 6. The second-order valence-corrected chi connectivity index (χ2v) is 8.13. The van der Waals surface area contributed by atoms with Gasteiger partial charge in [-0.2, -0.15) is 5.26 Å². The highest BCUT2D eigenvalue weighted by Crippen LogP contribution is 2.21. The van der Waals surface area contributed by atoms with Crippen molar-refractivity contribution in [3.05, 3.63) is 77.7 Å². The molecule has 2 aromatic carbocycles. The number of aromatic nitrogens is 2. The molecule has 8 nitrogen and oxygen atoms in total. The summed E-state index contributed by atoms with van der Waals surface area (Å²) in [4.78, 5) is 38.9. The number of aryl methyl sites for hydroxylation is 1. The van der Waals surface area contributed by atoms with Gasteiger partial charge in [0.15, 0.2) is 0 Å². The third-order valence-electron chi connectivity index (χ3n) is 5.81. The number of piperazine rings is 1. The van der Waals surface area contributed by atoms with Crippen LogP contribution in [0.1, 0.15) is 33.0 Å². The van der Waals surface area contributed by atoms with E-state index in [0.717, 1.165) is 25.2 Å². The molecule has 0 radical (unpaired) electrons. The van der Waals surface area contributed by atoms with Gasteiger partial charge in [0.1, 0.15) is 5.69 Å². The normalized spacial score (nSPS) is 13.8. The van der Waals surface area contributed by atoms with Crippen LogP contribution in [0, 0.1) is 18.3 Å². The molecule has 1 N–H and O–H groups in total. The Bertz CT molecular complexity index is 1210. The van der Waals surface area contributed by atoms with E-state index >= 15 is 0 Å². The summed E-state index contributed by atoms with van der Waals surface area (Å²) < 4.78 is 0. The number of benzene rings is 2. The smallest absolute Gasteiger partial charge is 0.276 e. The number of rotatable bonds is 6. The first-order valence-electron chi connectivity index (χ1n) is 11.2. The van der Waals surface area contributed by atoms with E-state index in [1.165, 1.54) is 0 Å². The van der Waals surface area contributed by atoms with Crippen LogP contribution >= 0.6 is 0 Å². The topological polar surface area (TPSA) is 102 Å². The fourth-order valence-corrected chi connectivity index (χ4v) is 3.89. The first-order chi connectivity index (χ1) is 16.5. The van der Waals surface area contributed by atoms with Gasteiger partial charge in [0.25, 0.3) is 11.8 Å². The molecule has 0 atom stereocenters. The lowest BCUT2D eigenvalue weighted by Gasteiger charge is -2.34. The molecule has 2 heterocycles. The SMILES string of the molecule is Cc1ncc(-c2cccc(C(=O)N3CCN(CCC#N)CC3)c2)nc1C(=O)Nc1ccccc1. The predicted octanol–water partition coefficient (Wildman–Crippen LogP) is 3.38. The number of carbonyl (C=O) groups excluding carboxylic acids is 2. The summed E-state index contributed by atoms with van der Waals surface area (Å²) in [6.07, 6.45) is 2.12. The number of amides is 2. The van der Waals surface area contributed by atoms with Crippen molar-refractivity contribution < 1.29 is 9.59 Å². The molecular weight excluding hydrogens is 428 g/mol. The molecule has 1 aromatic heterocycles. The lowest BCUT2D eigenvalue weighted by molar-refractivity contribution is 0.0639. The number of nitrogens with zero attached hydrogens (tertiary/aromatic N) is 5. The maximum atomic E-state index is 13.1. The molecule has 0 bridgehead atoms. The zero-order valence-electron chi connectivity index (χ0n) is 19.1. The fraction of sp³-hybridized carbons (Fsp3) is 0.269. The average Bonchev–Trinajstić information content (AvgIpc) is 2.88. The Hall–Kier alpha value is -4.09. The zero-order valence-corrected chi connectivity index (χ0v) is 19.1. The number of para-hydroxylation sites is 1. The predicted molar refractivity (Wildman–Crippen MR) is 129 cm³/mol. The van der Waals surface area contributed by atoms with Crippen molar-refractivity contribution in [2.75, 3.05) is 38.0 Å². The Morgan fingerprint density at radius 2 is 1.82 bits per heavy atom. The summed E-state index contributed by atoms with van der Waals surface area (Å²) in [7, 11) is 0. The molecule has 1 fully saturated rings. The molecule has 1 aliphatic heterocycles. The van der Waals surface area contributed by atoms with Gasteiger partial charge in [-0.25, -0.2) is 4.98 Å². The van der Waals surface area contributed by atoms with Crippen LogP contribution in [-0.2, 0) is 0 Å². The summed E-state index contributed by atoms with van der Waals surface area (Å²) in [5, 5.41) is 11.6. The molecule has 1 aliphatic rings. The fourth-order valence-electron chi connectivity index (χ4n) is 3.89. The number of carbonyl (C=O) groups is 2. The van der Waals surface area contributed by atoms with E-state index in [9.17, 15) is 9.59 Å². The van der Waals surface area contributed by atoms with Gasteiger partial charge in [-0.05, 0) is 31.2 Å². The second kappa shape index (κ2) is 10.7. The van der Waals surface area contributed by atoms with Crippen LogP contribution in [0.15, 0.2) is 60.8 Å². The van der Waals surface area contributed by atoms with Gasteiger partial charge in [0, 0.05) is 56.0 Å². The van der Waals surface area contributed by atoms with E-state index in [1.54, 1.807) is 25.3 Å². The third-order valence-corrected chi connectivity index (χ3v) is 5.81. The first kappa shape index (κ1) is 23.1. The molecule has 0 aliphatic carbocycles. The highest BCUT2D eigenvalue weighted by molar-refractivity contribution is 6.03. The Kier molecular flexibility index (Phi) is 7.25. The molecule has 4 rings (SSSR count). The minimum Gasteiger partial charge on any atom is -0.336 e. The minimum absolute atomic E-state index is 0.0381. The minimum atomic E-state index is -0.334. The maximum Gasteiger partial charge on any atom is 0.276 e. The maximum absolute atomic E-state index is 13.1. The van der Waals surface area contributed by atoms with Crippen molar-refractivity contribution >= 4 is 17.5 Å². The van der Waals surface area contributed by atoms with Gasteiger partial charge in [-0.15, -0.1) is 0 Å². The highest BCUT2D eigenvalue weighted by Gasteiger charge is 2.22. The van der Waals surface area contributed by atoms with Crippen molar-refractivity contribution in [2.45, 2.75) is 13.3 Å². The van der Waals surface area contributed by atoms with Crippen molar-refractivity contribution in [1.82, 2.24) is 19.8 Å². The Morgan fingerprint density at radius 1 is 1.06 bits per heavy atom. The van der Waals surface area contributed by atoms with Crippen LogP contribution in [-0.4, -0.2) is 64.3 Å². The Balaban J connectivity index is 1.49. The highest BCUT2D eigenvalue weighted by atomic mass is 16.2. The molecule has 0 unspecified atom stereocenters. The van der Waals surface area contributed by atoms with E-state index in [1.807, 2.05) is 47.4 Å². The average molecular weight is 455 g/mol. The third kappa shape index (κ3) is 5.45. The van der Waals surface area contributed by atoms with Crippen LogP contribution in [0.3, 0.4) is 0 Å². The number of nitriles is 1. The lowest BCUT2D eigenvalue weighted by atomic mass is 10.1. The van der Waals surface area contributed by atoms with Gasteiger partial charge in [-0.3, -0.25) is 19.5 Å². The van der Waals surface area contributed by atoms with Gasteiger partial charge in [0.2, 0.25) is 0 Å². The van der Waals surface area contributed by atoms with Gasteiger partial charge in [-0.1, -0.05) is 30.3 Å². The molecular formula is C26H26N6O2. The van der Waals surface area contributed by atoms with Crippen LogP contribution in [0.2, 0.25) is 0 Å². The van der Waals surface area contributed by atoms with Crippen molar-refractivity contribution in [3.63, 3.8) is 0 Å². The largest absolute Gasteiger partial charge is 0.336 e. The number of nitrogens with one attached hydrogen (secondary N) is 1. The first-order valence-corrected chi connectivity index (χ1v) is 11.2. The molecule has 0 spiro atoms. The van der Waals surface area contributed by atoms with E-state index in [-0.39, 0.29) is 17.5 Å². The standard InChI is InChI=1S/C26H26N6O2/c1-19-24(25(33)29-22-9-3-2-4-10-22)30-23(18-28-19)20-7-5-8-21(17-20)26(34)32-15-13-31(14-16-32)12-6-11-27/h2-5,7-10,17-18H,6,12-16H2,1H3,(H,29,33). The van der Waals surface area contributed by atoms with Crippen LogP contribution < -0.4 is 5.32 Å². The molecule has 172 valence electrons. The second-order valence-electron chi connectivity index (χ2n) is 8.13. The summed E-state index contributed by atoms with van der Waals surface area (Å²) in [5.74, 6) is -0.372. The van der Waals surface area contributed by atoms with Crippen LogP contribution in [0.5, 0.6) is 0 Å². The van der Waals surface area contributed by atoms with Crippen molar-refractivity contribution in [3.8, 4) is 17.3 Å². The number of hydrogen-bond donors (Lipinski definition) is 1. The molecule has 2 amide bonds. The van der Waals surface area contributed by atoms with Crippen molar-refractivity contribution in [1.29, 1.82) is 5.26 Å². The summed E-state index contributed by atoms with van der Waals surface area (Å²) in [6.45, 7) is 5.26. The van der Waals surface area contributed by atoms with Crippen LogP contribution in [0.25, 0.3) is 11.3 Å². The summed E-state index contributed by atoms with van der Waals surface area (Å²) in [6, 6.07) is 18.6. The molecule has 34 heavy (non-hydrogen) atoms. The monoisotopic (exact) mass is 454 g/mol. The molecule has 3 aromatic rings.